The molecule has 1 aromatic heterocycles. The van der Waals surface area contributed by atoms with Crippen molar-refractivity contribution in [3.63, 3.8) is 0 Å². The van der Waals surface area contributed by atoms with Gasteiger partial charge in [0, 0.05) is 17.8 Å². The topological polar surface area (TPSA) is 40.5 Å². The molecular formula is C22H27NO3. The molecule has 1 aliphatic carbocycles. The third kappa shape index (κ3) is 4.25. The van der Waals surface area contributed by atoms with Gasteiger partial charge in [0.05, 0.1) is 18.6 Å². The lowest BCUT2D eigenvalue weighted by molar-refractivity contribution is -0.150. The van der Waals surface area contributed by atoms with E-state index in [1.165, 1.54) is 11.1 Å². The van der Waals surface area contributed by atoms with Crippen LogP contribution in [0.1, 0.15) is 31.9 Å². The molecule has 3 rings (SSSR count). The summed E-state index contributed by atoms with van der Waals surface area (Å²) in [4.78, 5) is 12.4. The molecule has 0 saturated heterocycles. The van der Waals surface area contributed by atoms with Crippen LogP contribution in [0.5, 0.6) is 0 Å². The van der Waals surface area contributed by atoms with Gasteiger partial charge in [-0.05, 0) is 30.5 Å². The van der Waals surface area contributed by atoms with Crippen molar-refractivity contribution in [3.8, 4) is 0 Å². The number of rotatable bonds is 8. The minimum atomic E-state index is -0.188. The Kier molecular flexibility index (Phi) is 5.62. The van der Waals surface area contributed by atoms with Crippen LogP contribution in [-0.4, -0.2) is 23.2 Å². The molecule has 1 heterocycles. The summed E-state index contributed by atoms with van der Waals surface area (Å²) >= 11 is 0. The van der Waals surface area contributed by atoms with Gasteiger partial charge in [-0.3, -0.25) is 4.79 Å². The van der Waals surface area contributed by atoms with Crippen molar-refractivity contribution < 1.29 is 14.3 Å². The molecule has 1 aromatic carbocycles. The monoisotopic (exact) mass is 353 g/mol. The molecule has 1 aliphatic rings. The van der Waals surface area contributed by atoms with Crippen molar-refractivity contribution in [1.82, 2.24) is 4.57 Å². The summed E-state index contributed by atoms with van der Waals surface area (Å²) < 4.78 is 13.2. The SMILES string of the molecule is CC=CCOC1C(C(=O)OCn2ccc(Cc3ccccc3)c2)C1(C)C. The van der Waals surface area contributed by atoms with Crippen LogP contribution in [0.2, 0.25) is 0 Å². The highest BCUT2D eigenvalue weighted by molar-refractivity contribution is 5.78. The Morgan fingerprint density at radius 3 is 2.69 bits per heavy atom. The van der Waals surface area contributed by atoms with E-state index in [1.54, 1.807) is 0 Å². The number of hydrogen-bond acceptors (Lipinski definition) is 3. The molecule has 4 heteroatoms. The number of benzene rings is 1. The van der Waals surface area contributed by atoms with Crippen LogP contribution in [0.25, 0.3) is 0 Å². The molecule has 0 spiro atoms. The van der Waals surface area contributed by atoms with Crippen molar-refractivity contribution in [2.75, 3.05) is 6.61 Å². The zero-order chi connectivity index (χ0) is 18.6. The van der Waals surface area contributed by atoms with Crippen molar-refractivity contribution in [3.05, 3.63) is 72.1 Å². The zero-order valence-corrected chi connectivity index (χ0v) is 15.7. The van der Waals surface area contributed by atoms with Crippen LogP contribution in [0, 0.1) is 11.3 Å². The fraction of sp³-hybridized carbons (Fsp3) is 0.409. The average molecular weight is 353 g/mol. The summed E-state index contributed by atoms with van der Waals surface area (Å²) in [5.41, 5.74) is 2.31. The lowest BCUT2D eigenvalue weighted by Gasteiger charge is -2.06. The Labute approximate surface area is 155 Å². The Bertz CT molecular complexity index is 761. The van der Waals surface area contributed by atoms with Crippen LogP contribution in [0.4, 0.5) is 0 Å². The number of nitrogens with zero attached hydrogens (tertiary/aromatic N) is 1. The Morgan fingerprint density at radius 1 is 1.19 bits per heavy atom. The van der Waals surface area contributed by atoms with Crippen molar-refractivity contribution in [2.24, 2.45) is 11.3 Å². The fourth-order valence-electron chi connectivity index (χ4n) is 3.32. The first-order valence-corrected chi connectivity index (χ1v) is 9.10. The summed E-state index contributed by atoms with van der Waals surface area (Å²) in [7, 11) is 0. The molecule has 0 radical (unpaired) electrons. The highest BCUT2D eigenvalue weighted by atomic mass is 16.6. The number of carbonyl (C=O) groups excluding carboxylic acids is 1. The normalized spacial score (nSPS) is 21.0. The first-order valence-electron chi connectivity index (χ1n) is 9.10. The second kappa shape index (κ2) is 7.92. The molecule has 138 valence electrons. The summed E-state index contributed by atoms with van der Waals surface area (Å²) in [5.74, 6) is -0.370. The Hall–Kier alpha value is -2.33. The van der Waals surface area contributed by atoms with Gasteiger partial charge in [0.15, 0.2) is 6.73 Å². The molecular weight excluding hydrogens is 326 g/mol. The third-order valence-electron chi connectivity index (χ3n) is 5.01. The zero-order valence-electron chi connectivity index (χ0n) is 15.7. The third-order valence-corrected chi connectivity index (χ3v) is 5.01. The molecule has 1 fully saturated rings. The molecule has 0 bridgehead atoms. The second-order valence-corrected chi connectivity index (χ2v) is 7.41. The summed E-state index contributed by atoms with van der Waals surface area (Å²) in [5, 5.41) is 0. The van der Waals surface area contributed by atoms with Crippen LogP contribution < -0.4 is 0 Å². The predicted molar refractivity (Wildman–Crippen MR) is 102 cm³/mol. The number of allylic oxidation sites excluding steroid dienone is 1. The van der Waals surface area contributed by atoms with Gasteiger partial charge in [-0.25, -0.2) is 0 Å². The first kappa shape index (κ1) is 18.5. The maximum atomic E-state index is 12.4. The molecule has 2 unspecified atom stereocenters. The second-order valence-electron chi connectivity index (χ2n) is 7.41. The fourth-order valence-corrected chi connectivity index (χ4v) is 3.32. The molecule has 1 saturated carbocycles. The molecule has 0 amide bonds. The van der Waals surface area contributed by atoms with Gasteiger partial charge in [0.2, 0.25) is 0 Å². The lowest BCUT2D eigenvalue weighted by atomic mass is 10.1. The number of esters is 1. The molecule has 2 atom stereocenters. The van der Waals surface area contributed by atoms with Gasteiger partial charge in [0.1, 0.15) is 0 Å². The quantitative estimate of drug-likeness (QED) is 0.527. The molecule has 0 aliphatic heterocycles. The van der Waals surface area contributed by atoms with Crippen LogP contribution >= 0.6 is 0 Å². The Balaban J connectivity index is 1.49. The van der Waals surface area contributed by atoms with Gasteiger partial charge in [-0.2, -0.15) is 0 Å². The number of carbonyl (C=O) groups is 1. The van der Waals surface area contributed by atoms with Crippen LogP contribution in [0.3, 0.4) is 0 Å². The van der Waals surface area contributed by atoms with Crippen molar-refractivity contribution >= 4 is 5.97 Å². The smallest absolute Gasteiger partial charge is 0.313 e. The number of aromatic nitrogens is 1. The van der Waals surface area contributed by atoms with Gasteiger partial charge in [0.25, 0.3) is 0 Å². The minimum Gasteiger partial charge on any atom is -0.444 e. The predicted octanol–water partition coefficient (Wildman–Crippen LogP) is 4.20. The lowest BCUT2D eigenvalue weighted by Crippen LogP contribution is -2.14. The van der Waals surface area contributed by atoms with E-state index in [-0.39, 0.29) is 30.1 Å². The largest absolute Gasteiger partial charge is 0.444 e. The molecule has 4 nitrogen and oxygen atoms in total. The number of ether oxygens (including phenoxy) is 2. The summed E-state index contributed by atoms with van der Waals surface area (Å²) in [6, 6.07) is 12.4. The summed E-state index contributed by atoms with van der Waals surface area (Å²) in [6.45, 7) is 6.83. The van der Waals surface area contributed by atoms with Gasteiger partial charge in [-0.1, -0.05) is 56.3 Å². The average Bonchev–Trinajstić information content (AvgIpc) is 2.94. The molecule has 26 heavy (non-hydrogen) atoms. The van der Waals surface area contributed by atoms with Gasteiger partial charge < -0.3 is 14.0 Å². The standard InChI is InChI=1S/C22H27NO3/c1-4-5-13-25-20-19(22(20,2)3)21(24)26-16-23-12-11-18(15-23)14-17-9-7-6-8-10-17/h4-12,15,19-20H,13-14,16H2,1-3H3. The Morgan fingerprint density at radius 2 is 1.96 bits per heavy atom. The van der Waals surface area contributed by atoms with Crippen LogP contribution in [-0.2, 0) is 27.4 Å². The van der Waals surface area contributed by atoms with Gasteiger partial charge >= 0.3 is 5.97 Å². The molecule has 2 aromatic rings. The highest BCUT2D eigenvalue weighted by Gasteiger charge is 2.64. The van der Waals surface area contributed by atoms with Crippen molar-refractivity contribution in [1.29, 1.82) is 0 Å². The van der Waals surface area contributed by atoms with E-state index in [2.05, 4.69) is 18.2 Å². The van der Waals surface area contributed by atoms with E-state index >= 15 is 0 Å². The molecule has 0 N–H and O–H groups in total. The van der Waals surface area contributed by atoms with E-state index in [1.807, 2.05) is 68.1 Å². The summed E-state index contributed by atoms with van der Waals surface area (Å²) in [6.07, 6.45) is 8.68. The first-order chi connectivity index (χ1) is 12.5. The van der Waals surface area contributed by atoms with E-state index in [9.17, 15) is 4.79 Å². The van der Waals surface area contributed by atoms with Crippen LogP contribution in [0.15, 0.2) is 60.9 Å². The maximum Gasteiger partial charge on any atom is 0.313 e. The number of hydrogen-bond donors (Lipinski definition) is 0. The minimum absolute atomic E-state index is 0.0653. The van der Waals surface area contributed by atoms with E-state index in [4.69, 9.17) is 9.47 Å². The highest BCUT2D eigenvalue weighted by Crippen LogP contribution is 2.54. The van der Waals surface area contributed by atoms with Gasteiger partial charge in [-0.15, -0.1) is 0 Å². The van der Waals surface area contributed by atoms with E-state index in [0.29, 0.717) is 6.61 Å². The maximum absolute atomic E-state index is 12.4. The van der Waals surface area contributed by atoms with E-state index in [0.717, 1.165) is 6.42 Å². The van der Waals surface area contributed by atoms with E-state index < -0.39 is 0 Å². The van der Waals surface area contributed by atoms with Crippen molar-refractivity contribution in [2.45, 2.75) is 40.0 Å².